The summed E-state index contributed by atoms with van der Waals surface area (Å²) in [5.41, 5.74) is 16.4. The van der Waals surface area contributed by atoms with Crippen molar-refractivity contribution in [2.45, 2.75) is 105 Å². The van der Waals surface area contributed by atoms with Crippen LogP contribution in [0.5, 0.6) is 0 Å². The number of fused-ring (bicyclic) bond motifs is 9. The molecule has 12 aromatic rings. The predicted molar refractivity (Wildman–Crippen MR) is 315 cm³/mol. The van der Waals surface area contributed by atoms with E-state index in [1.807, 2.05) is 36.4 Å². The highest BCUT2D eigenvalue weighted by molar-refractivity contribution is 6.19. The van der Waals surface area contributed by atoms with Crippen molar-refractivity contribution >= 4 is 71.2 Å². The predicted octanol–water partition coefficient (Wildman–Crippen LogP) is 19.3. The molecular weight excluding hydrogens is 915 g/mol. The Labute approximate surface area is 440 Å². The lowest BCUT2D eigenvalue weighted by Gasteiger charge is -2.20. The lowest BCUT2D eigenvalue weighted by molar-refractivity contribution is 0.590. The number of aromatic nitrogens is 4. The van der Waals surface area contributed by atoms with Crippen LogP contribution in [0.15, 0.2) is 168 Å². The molecule has 6 heteroatoms. The fraction of sp³-hybridized carbons (Fsp3) is 0.232. The highest BCUT2D eigenvalue weighted by atomic mass is 16.3. The van der Waals surface area contributed by atoms with Gasteiger partial charge in [-0.25, -0.2) is 14.8 Å². The van der Waals surface area contributed by atoms with Crippen molar-refractivity contribution in [2.24, 2.45) is 0 Å². The number of hydrogen-bond acceptors (Lipinski definition) is 3. The van der Waals surface area contributed by atoms with Gasteiger partial charge in [0.1, 0.15) is 11.2 Å². The zero-order chi connectivity index (χ0) is 52.5. The SMILES string of the molecule is [C-]#[N+]c1c(-n2c3ccc(C(C)(C)C)cc3c3cc(C(C)(C)C)ccc32)cc2c(oc3c(-c4cc(-c5ccccc5)nc(-c5ccccc5)n4)cccc32)c1-n1c2ccc(C(C)(C)C)cc2c2cc(C(C)(C)C)ccc21. The number of furan rings is 1. The highest BCUT2D eigenvalue weighted by Crippen LogP contribution is 2.50. The highest BCUT2D eigenvalue weighted by Gasteiger charge is 2.30. The van der Waals surface area contributed by atoms with Crippen LogP contribution in [0.25, 0.3) is 116 Å². The summed E-state index contributed by atoms with van der Waals surface area (Å²) in [6.07, 6.45) is 0. The third kappa shape index (κ3) is 7.91. The fourth-order valence-corrected chi connectivity index (χ4v) is 11.1. The zero-order valence-corrected chi connectivity index (χ0v) is 45.2. The minimum absolute atomic E-state index is 0.0743. The Morgan fingerprint density at radius 3 is 1.29 bits per heavy atom. The van der Waals surface area contributed by atoms with Crippen LogP contribution in [0.3, 0.4) is 0 Å². The Balaban J connectivity index is 1.25. The Bertz CT molecular complexity index is 4120. The second-order valence-corrected chi connectivity index (χ2v) is 24.7. The maximum atomic E-state index is 9.46. The van der Waals surface area contributed by atoms with E-state index in [-0.39, 0.29) is 21.7 Å². The summed E-state index contributed by atoms with van der Waals surface area (Å²) in [6, 6.07) is 58.7. The number of nitrogens with zero attached hydrogens (tertiary/aromatic N) is 5. The zero-order valence-electron chi connectivity index (χ0n) is 45.2. The maximum Gasteiger partial charge on any atom is 0.237 e. The van der Waals surface area contributed by atoms with Crippen LogP contribution in [0.4, 0.5) is 5.69 Å². The van der Waals surface area contributed by atoms with Crippen molar-refractivity contribution in [1.29, 1.82) is 0 Å². The number of rotatable bonds is 5. The molecule has 0 radical (unpaired) electrons. The molecule has 0 atom stereocenters. The molecule has 0 unspecified atom stereocenters. The Morgan fingerprint density at radius 2 is 0.840 bits per heavy atom. The summed E-state index contributed by atoms with van der Waals surface area (Å²) in [5.74, 6) is 0.628. The molecule has 0 saturated carbocycles. The van der Waals surface area contributed by atoms with E-state index in [0.29, 0.717) is 28.4 Å². The summed E-state index contributed by atoms with van der Waals surface area (Å²) >= 11 is 0. The summed E-state index contributed by atoms with van der Waals surface area (Å²) in [6.45, 7) is 36.7. The fourth-order valence-electron chi connectivity index (χ4n) is 11.1. The lowest BCUT2D eigenvalue weighted by Crippen LogP contribution is -2.10. The number of para-hydroxylation sites is 1. The van der Waals surface area contributed by atoms with Crippen LogP contribution in [0.2, 0.25) is 0 Å². The van der Waals surface area contributed by atoms with Gasteiger partial charge >= 0.3 is 0 Å². The molecule has 0 spiro atoms. The van der Waals surface area contributed by atoms with E-state index in [9.17, 15) is 6.57 Å². The molecule has 0 saturated heterocycles. The van der Waals surface area contributed by atoms with Gasteiger partial charge in [-0.05, 0) is 111 Å². The van der Waals surface area contributed by atoms with Gasteiger partial charge in [0, 0.05) is 49.0 Å². The summed E-state index contributed by atoms with van der Waals surface area (Å²) < 4.78 is 12.2. The van der Waals surface area contributed by atoms with E-state index in [2.05, 4.69) is 224 Å². The van der Waals surface area contributed by atoms with Crippen LogP contribution in [-0.4, -0.2) is 19.1 Å². The topological polar surface area (TPSA) is 53.1 Å². The van der Waals surface area contributed by atoms with E-state index in [1.165, 1.54) is 22.3 Å². The third-order valence-electron chi connectivity index (χ3n) is 15.4. The molecule has 12 rings (SSSR count). The van der Waals surface area contributed by atoms with E-state index in [4.69, 9.17) is 14.4 Å². The molecule has 0 aliphatic rings. The Morgan fingerprint density at radius 1 is 0.400 bits per heavy atom. The molecule has 0 aliphatic carbocycles. The third-order valence-corrected chi connectivity index (χ3v) is 15.4. The second kappa shape index (κ2) is 16.9. The molecule has 8 aromatic carbocycles. The molecule has 0 aliphatic heterocycles. The van der Waals surface area contributed by atoms with E-state index >= 15 is 0 Å². The van der Waals surface area contributed by atoms with E-state index < -0.39 is 0 Å². The van der Waals surface area contributed by atoms with Gasteiger partial charge in [0.05, 0.1) is 51.4 Å². The van der Waals surface area contributed by atoms with Crippen molar-refractivity contribution in [1.82, 2.24) is 19.1 Å². The van der Waals surface area contributed by atoms with Gasteiger partial charge in [0.2, 0.25) is 5.69 Å². The normalized spacial score (nSPS) is 12.8. The summed E-state index contributed by atoms with van der Waals surface area (Å²) in [4.78, 5) is 15.1. The molecule has 0 N–H and O–H groups in total. The van der Waals surface area contributed by atoms with Crippen LogP contribution in [0, 0.1) is 6.57 Å². The molecule has 370 valence electrons. The van der Waals surface area contributed by atoms with Crippen molar-refractivity contribution < 1.29 is 4.42 Å². The van der Waals surface area contributed by atoms with Gasteiger partial charge < -0.3 is 13.6 Å². The molecule has 75 heavy (non-hydrogen) atoms. The number of benzene rings is 8. The molecule has 6 nitrogen and oxygen atoms in total. The minimum Gasteiger partial charge on any atom is -0.455 e. The van der Waals surface area contributed by atoms with Crippen molar-refractivity contribution in [3.63, 3.8) is 0 Å². The van der Waals surface area contributed by atoms with Gasteiger partial charge in [0.15, 0.2) is 5.82 Å². The molecule has 0 fully saturated rings. The second-order valence-electron chi connectivity index (χ2n) is 24.7. The van der Waals surface area contributed by atoms with Crippen molar-refractivity contribution in [3.8, 4) is 45.3 Å². The Hall–Kier alpha value is -8.27. The number of hydrogen-bond donors (Lipinski definition) is 0. The average Bonchev–Trinajstić information content (AvgIpc) is 4.07. The maximum absolute atomic E-state index is 9.46. The van der Waals surface area contributed by atoms with Crippen LogP contribution >= 0.6 is 0 Å². The molecular formula is C69H63N5O. The molecule has 4 heterocycles. The van der Waals surface area contributed by atoms with Gasteiger partial charge in [-0.3, -0.25) is 0 Å². The Kier molecular flexibility index (Phi) is 10.7. The van der Waals surface area contributed by atoms with Gasteiger partial charge in [-0.1, -0.05) is 180 Å². The van der Waals surface area contributed by atoms with Crippen molar-refractivity contribution in [3.05, 3.63) is 197 Å². The van der Waals surface area contributed by atoms with Crippen molar-refractivity contribution in [2.75, 3.05) is 0 Å². The minimum atomic E-state index is -0.0910. The quantitative estimate of drug-likeness (QED) is 0.162. The van der Waals surface area contributed by atoms with Gasteiger partial charge in [-0.2, -0.15) is 0 Å². The van der Waals surface area contributed by atoms with Gasteiger partial charge in [-0.15, -0.1) is 0 Å². The van der Waals surface area contributed by atoms with Crippen LogP contribution in [-0.2, 0) is 21.7 Å². The van der Waals surface area contributed by atoms with E-state index in [0.717, 1.165) is 88.1 Å². The monoisotopic (exact) mass is 978 g/mol. The smallest absolute Gasteiger partial charge is 0.237 e. The lowest BCUT2D eigenvalue weighted by atomic mass is 9.85. The molecule has 0 bridgehead atoms. The first-order chi connectivity index (χ1) is 35.7. The largest absolute Gasteiger partial charge is 0.455 e. The summed E-state index contributed by atoms with van der Waals surface area (Å²) in [5, 5.41) is 6.44. The molecule has 4 aromatic heterocycles. The average molecular weight is 978 g/mol. The first-order valence-electron chi connectivity index (χ1n) is 26.3. The standard InChI is InChI=1S/C69H63N5O/c1-66(2,3)43-27-31-56-49(35-43)50-36-44(67(4,5)6)28-32-57(50)73(56)60-39-53-47-25-20-26-48(55-40-54(41-21-16-14-17-22-41)71-65(72-55)42-23-18-15-19-24-42)63(47)75-64(53)62(61(60)70-13)74-58-33-29-45(68(7,8)9)37-51(58)52-38-46(69(10,11)12)30-34-59(52)74/h14-40H,1-12H3. The first kappa shape index (κ1) is 47.7. The molecule has 0 amide bonds. The first-order valence-corrected chi connectivity index (χ1v) is 26.3. The van der Waals surface area contributed by atoms with Crippen LogP contribution < -0.4 is 0 Å². The van der Waals surface area contributed by atoms with Crippen LogP contribution in [0.1, 0.15) is 105 Å². The van der Waals surface area contributed by atoms with E-state index in [1.54, 1.807) is 0 Å². The summed E-state index contributed by atoms with van der Waals surface area (Å²) in [7, 11) is 0. The van der Waals surface area contributed by atoms with Gasteiger partial charge in [0.25, 0.3) is 0 Å².